The van der Waals surface area contributed by atoms with Crippen LogP contribution >= 0.6 is 0 Å². The normalized spacial score (nSPS) is 20.6. The molecule has 9 heteroatoms. The number of pyridine rings is 1. The van der Waals surface area contributed by atoms with Gasteiger partial charge in [0.05, 0.1) is 26.9 Å². The summed E-state index contributed by atoms with van der Waals surface area (Å²) in [5.74, 6) is -1.16. The first kappa shape index (κ1) is 21.9. The molecule has 1 amide bonds. The molecule has 0 aromatic carbocycles. The van der Waals surface area contributed by atoms with E-state index in [1.807, 2.05) is 0 Å². The second-order valence-corrected chi connectivity index (χ2v) is 7.03. The summed E-state index contributed by atoms with van der Waals surface area (Å²) >= 11 is 0. The summed E-state index contributed by atoms with van der Waals surface area (Å²) in [5, 5.41) is 12.5. The summed E-state index contributed by atoms with van der Waals surface area (Å²) in [6.45, 7) is 5.82. The Morgan fingerprint density at radius 3 is 2.93 bits per heavy atom. The number of amides is 1. The number of rotatable bonds is 7. The van der Waals surface area contributed by atoms with E-state index in [2.05, 4.69) is 24.1 Å². The van der Waals surface area contributed by atoms with Crippen molar-refractivity contribution >= 4 is 11.9 Å². The monoisotopic (exact) mass is 396 g/mol. The van der Waals surface area contributed by atoms with Crippen molar-refractivity contribution in [3.63, 3.8) is 0 Å². The Hall–Kier alpha value is -2.39. The van der Waals surface area contributed by atoms with Crippen LogP contribution in [0, 0.1) is 11.8 Å². The molecule has 28 heavy (non-hydrogen) atoms. The van der Waals surface area contributed by atoms with E-state index in [1.54, 1.807) is 0 Å². The van der Waals surface area contributed by atoms with Gasteiger partial charge in [-0.05, 0) is 12.3 Å². The van der Waals surface area contributed by atoms with Crippen molar-refractivity contribution < 1.29 is 33.6 Å². The van der Waals surface area contributed by atoms with E-state index in [-0.39, 0.29) is 30.6 Å². The number of cyclic esters (lactones) is 1. The lowest BCUT2D eigenvalue weighted by atomic mass is 10.1. The molecule has 1 aliphatic rings. The van der Waals surface area contributed by atoms with Crippen LogP contribution in [0.3, 0.4) is 0 Å². The summed E-state index contributed by atoms with van der Waals surface area (Å²) in [6.07, 6.45) is 2.01. The first-order valence-electron chi connectivity index (χ1n) is 9.27. The fourth-order valence-electron chi connectivity index (χ4n) is 2.60. The van der Waals surface area contributed by atoms with Crippen LogP contribution in [0.1, 0.15) is 30.8 Å². The lowest BCUT2D eigenvalue weighted by Gasteiger charge is -2.18. The summed E-state index contributed by atoms with van der Waals surface area (Å²) in [4.78, 5) is 28.6. The molecule has 0 aliphatic carbocycles. The minimum Gasteiger partial charge on any atom is -0.503 e. The molecule has 2 N–H and O–H groups in total. The highest BCUT2D eigenvalue weighted by molar-refractivity contribution is 5.97. The molecule has 2 atom stereocenters. The molecular formula is C19H28N2O7. The van der Waals surface area contributed by atoms with E-state index in [4.69, 9.17) is 18.9 Å². The Kier molecular flexibility index (Phi) is 8.46. The maximum absolute atomic E-state index is 12.4. The highest BCUT2D eigenvalue weighted by Gasteiger charge is 2.28. The van der Waals surface area contributed by atoms with E-state index in [9.17, 15) is 14.7 Å². The van der Waals surface area contributed by atoms with E-state index in [1.165, 1.54) is 19.4 Å². The van der Waals surface area contributed by atoms with Gasteiger partial charge in [0.15, 0.2) is 23.2 Å². The van der Waals surface area contributed by atoms with Gasteiger partial charge in [-0.15, -0.1) is 0 Å². The van der Waals surface area contributed by atoms with Gasteiger partial charge in [0, 0.05) is 31.4 Å². The number of esters is 1. The molecule has 0 spiro atoms. The van der Waals surface area contributed by atoms with Crippen LogP contribution in [-0.2, 0) is 19.0 Å². The SMILES string of the molecule is COc1ccnc(C(=O)NC2COCCC(COCC(C)C)COC2=O)c1O. The van der Waals surface area contributed by atoms with E-state index >= 15 is 0 Å². The number of hydrogen-bond donors (Lipinski definition) is 2. The summed E-state index contributed by atoms with van der Waals surface area (Å²) in [5.41, 5.74) is -0.244. The number of ether oxygens (including phenoxy) is 4. The van der Waals surface area contributed by atoms with Crippen molar-refractivity contribution in [2.75, 3.05) is 40.1 Å². The zero-order valence-corrected chi connectivity index (χ0v) is 16.5. The van der Waals surface area contributed by atoms with Crippen LogP contribution in [0.2, 0.25) is 0 Å². The number of nitrogens with one attached hydrogen (secondary N) is 1. The highest BCUT2D eigenvalue weighted by Crippen LogP contribution is 2.27. The van der Waals surface area contributed by atoms with E-state index in [0.717, 1.165) is 0 Å². The molecule has 1 fully saturated rings. The predicted octanol–water partition coefficient (Wildman–Crippen LogP) is 1.15. The first-order chi connectivity index (χ1) is 13.4. The fraction of sp³-hybridized carbons (Fsp3) is 0.632. The van der Waals surface area contributed by atoms with Gasteiger partial charge in [0.25, 0.3) is 5.91 Å². The van der Waals surface area contributed by atoms with Crippen LogP contribution in [0.25, 0.3) is 0 Å². The third-order valence-electron chi connectivity index (χ3n) is 4.13. The van der Waals surface area contributed by atoms with Crippen molar-refractivity contribution in [1.82, 2.24) is 10.3 Å². The van der Waals surface area contributed by atoms with Crippen LogP contribution in [0.15, 0.2) is 12.3 Å². The maximum Gasteiger partial charge on any atom is 0.331 e. The first-order valence-corrected chi connectivity index (χ1v) is 9.27. The maximum atomic E-state index is 12.4. The molecule has 2 rings (SSSR count). The van der Waals surface area contributed by atoms with E-state index < -0.39 is 23.7 Å². The Morgan fingerprint density at radius 2 is 2.21 bits per heavy atom. The Morgan fingerprint density at radius 1 is 1.43 bits per heavy atom. The molecule has 1 aromatic rings. The van der Waals surface area contributed by atoms with Gasteiger partial charge in [0.1, 0.15) is 0 Å². The third kappa shape index (κ3) is 6.35. The van der Waals surface area contributed by atoms with Crippen molar-refractivity contribution in [2.45, 2.75) is 26.3 Å². The third-order valence-corrected chi connectivity index (χ3v) is 4.13. The molecule has 156 valence electrons. The van der Waals surface area contributed by atoms with Crippen LogP contribution in [0.5, 0.6) is 11.5 Å². The van der Waals surface area contributed by atoms with Gasteiger partial charge in [-0.2, -0.15) is 0 Å². The molecule has 9 nitrogen and oxygen atoms in total. The lowest BCUT2D eigenvalue weighted by Crippen LogP contribution is -2.45. The largest absolute Gasteiger partial charge is 0.503 e. The smallest absolute Gasteiger partial charge is 0.331 e. The molecule has 1 aromatic heterocycles. The van der Waals surface area contributed by atoms with Crippen molar-refractivity contribution in [3.8, 4) is 11.5 Å². The van der Waals surface area contributed by atoms with Crippen molar-refractivity contribution in [1.29, 1.82) is 0 Å². The molecule has 1 saturated heterocycles. The number of hydrogen-bond acceptors (Lipinski definition) is 8. The van der Waals surface area contributed by atoms with Gasteiger partial charge in [0.2, 0.25) is 0 Å². The predicted molar refractivity (Wildman–Crippen MR) is 99.3 cm³/mol. The Balaban J connectivity index is 1.95. The van der Waals surface area contributed by atoms with Gasteiger partial charge >= 0.3 is 5.97 Å². The van der Waals surface area contributed by atoms with Gasteiger partial charge in [-0.3, -0.25) is 4.79 Å². The number of aromatic hydroxyl groups is 1. The van der Waals surface area contributed by atoms with Gasteiger partial charge in [-0.1, -0.05) is 13.8 Å². The second kappa shape index (κ2) is 10.8. The Labute approximate surface area is 164 Å². The highest BCUT2D eigenvalue weighted by atomic mass is 16.5. The summed E-state index contributed by atoms with van der Waals surface area (Å²) in [6, 6.07) is 0.417. The minimum absolute atomic E-state index is 0.0289. The molecule has 2 heterocycles. The van der Waals surface area contributed by atoms with E-state index in [0.29, 0.717) is 32.2 Å². The molecule has 1 aliphatic heterocycles. The number of carbonyl (C=O) groups excluding carboxylic acids is 2. The Bertz CT molecular complexity index is 666. The standard InChI is InChI=1S/C19H28N2O7/c1-12(2)8-27-9-13-5-7-26-11-14(19(24)28-10-13)21-18(23)16-17(22)15(25-3)4-6-20-16/h4,6,12-14,22H,5,7-11H2,1-3H3,(H,21,23). The van der Waals surface area contributed by atoms with Crippen LogP contribution in [0.4, 0.5) is 0 Å². The average Bonchev–Trinajstić information content (AvgIpc) is 2.74. The van der Waals surface area contributed by atoms with Crippen molar-refractivity contribution in [2.24, 2.45) is 11.8 Å². The summed E-state index contributed by atoms with van der Waals surface area (Å²) in [7, 11) is 1.36. The topological polar surface area (TPSA) is 116 Å². The summed E-state index contributed by atoms with van der Waals surface area (Å²) < 4.78 is 21.5. The van der Waals surface area contributed by atoms with Crippen LogP contribution in [-0.4, -0.2) is 68.2 Å². The fourth-order valence-corrected chi connectivity index (χ4v) is 2.60. The molecule has 2 unspecified atom stereocenters. The lowest BCUT2D eigenvalue weighted by molar-refractivity contribution is -0.148. The second-order valence-electron chi connectivity index (χ2n) is 7.03. The van der Waals surface area contributed by atoms with Gasteiger partial charge < -0.3 is 29.4 Å². The molecule has 0 radical (unpaired) electrons. The number of carbonyl (C=O) groups is 2. The molecule has 0 bridgehead atoms. The van der Waals surface area contributed by atoms with Crippen LogP contribution < -0.4 is 10.1 Å². The number of nitrogens with zero attached hydrogens (tertiary/aromatic N) is 1. The quantitative estimate of drug-likeness (QED) is 0.659. The van der Waals surface area contributed by atoms with Crippen molar-refractivity contribution in [3.05, 3.63) is 18.0 Å². The zero-order chi connectivity index (χ0) is 20.5. The molecule has 0 saturated carbocycles. The minimum atomic E-state index is -1.00. The average molecular weight is 396 g/mol. The number of aromatic nitrogens is 1. The number of methoxy groups -OCH3 is 1. The molecular weight excluding hydrogens is 368 g/mol. The van der Waals surface area contributed by atoms with Gasteiger partial charge in [-0.25, -0.2) is 9.78 Å². The zero-order valence-electron chi connectivity index (χ0n) is 16.5.